The maximum atomic E-state index is 11.1. The van der Waals surface area contributed by atoms with Gasteiger partial charge in [-0.05, 0) is 0 Å². The molecule has 4 nitrogen and oxygen atoms in total. The van der Waals surface area contributed by atoms with E-state index in [0.717, 1.165) is 0 Å². The van der Waals surface area contributed by atoms with E-state index in [1.54, 1.807) is 6.29 Å². The molecule has 1 rings (SSSR count). The number of rotatable bonds is 2. The number of aromatic nitrogens is 1. The normalized spacial score (nSPS) is 9.50. The molecule has 1 aromatic heterocycles. The number of hydrogen-bond acceptors (Lipinski definition) is 3. The van der Waals surface area contributed by atoms with Crippen LogP contribution in [0.15, 0.2) is 16.9 Å². The SMILES string of the molecule is COc1cc([C]=O)n(C)c(=O)c1. The molecule has 1 aromatic rings. The smallest absolute Gasteiger partial charge is 0.254 e. The fraction of sp³-hybridized carbons (Fsp3) is 0.250. The van der Waals surface area contributed by atoms with Gasteiger partial charge >= 0.3 is 0 Å². The van der Waals surface area contributed by atoms with E-state index >= 15 is 0 Å². The van der Waals surface area contributed by atoms with Crippen LogP contribution < -0.4 is 10.3 Å². The number of nitrogens with zero attached hydrogens (tertiary/aromatic N) is 1. The highest BCUT2D eigenvalue weighted by atomic mass is 16.5. The first kappa shape index (κ1) is 8.52. The summed E-state index contributed by atoms with van der Waals surface area (Å²) >= 11 is 0. The Kier molecular flexibility index (Phi) is 2.28. The molecule has 0 saturated carbocycles. The lowest BCUT2D eigenvalue weighted by Gasteiger charge is -2.03. The molecule has 0 bridgehead atoms. The summed E-state index contributed by atoms with van der Waals surface area (Å²) in [6, 6.07) is 2.76. The van der Waals surface area contributed by atoms with Gasteiger partial charge in [0.1, 0.15) is 5.75 Å². The van der Waals surface area contributed by atoms with Crippen LogP contribution >= 0.6 is 0 Å². The number of carbonyl (C=O) groups excluding carboxylic acids is 1. The van der Waals surface area contributed by atoms with Crippen molar-refractivity contribution in [2.75, 3.05) is 7.11 Å². The first-order chi connectivity index (χ1) is 5.69. The van der Waals surface area contributed by atoms with Gasteiger partial charge in [-0.25, -0.2) is 0 Å². The van der Waals surface area contributed by atoms with Crippen molar-refractivity contribution in [2.24, 2.45) is 7.05 Å². The zero-order valence-corrected chi connectivity index (χ0v) is 6.83. The summed E-state index contributed by atoms with van der Waals surface area (Å²) in [5, 5.41) is 0. The lowest BCUT2D eigenvalue weighted by atomic mass is 10.3. The average molecular weight is 166 g/mol. The fourth-order valence-corrected chi connectivity index (χ4v) is 0.826. The fourth-order valence-electron chi connectivity index (χ4n) is 0.826. The molecule has 0 aliphatic rings. The lowest BCUT2D eigenvalue weighted by Crippen LogP contribution is -2.19. The Hall–Kier alpha value is -1.58. The summed E-state index contributed by atoms with van der Waals surface area (Å²) < 4.78 is 6.00. The van der Waals surface area contributed by atoms with Crippen LogP contribution in [0.25, 0.3) is 0 Å². The van der Waals surface area contributed by atoms with Crippen LogP contribution in [0.4, 0.5) is 0 Å². The Bertz CT molecular complexity index is 354. The number of ether oxygens (including phenoxy) is 1. The molecule has 0 unspecified atom stereocenters. The van der Waals surface area contributed by atoms with Gasteiger partial charge in [0, 0.05) is 19.2 Å². The Balaban J connectivity index is 3.38. The monoisotopic (exact) mass is 166 g/mol. The molecule has 0 aromatic carbocycles. The second kappa shape index (κ2) is 3.21. The molecule has 0 fully saturated rings. The molecule has 1 heterocycles. The lowest BCUT2D eigenvalue weighted by molar-refractivity contribution is 0.412. The van der Waals surface area contributed by atoms with Gasteiger partial charge in [-0.3, -0.25) is 9.59 Å². The summed E-state index contributed by atoms with van der Waals surface area (Å²) in [6.07, 6.45) is 1.64. The quantitative estimate of drug-likeness (QED) is 0.614. The van der Waals surface area contributed by atoms with E-state index in [0.29, 0.717) is 5.75 Å². The molecule has 0 spiro atoms. The highest BCUT2D eigenvalue weighted by Crippen LogP contribution is 2.06. The largest absolute Gasteiger partial charge is 0.496 e. The summed E-state index contributed by atoms with van der Waals surface area (Å²) in [6.45, 7) is 0. The molecule has 0 N–H and O–H groups in total. The van der Waals surface area contributed by atoms with Crippen LogP contribution in [0, 0.1) is 0 Å². The minimum atomic E-state index is -0.285. The molecular weight excluding hydrogens is 158 g/mol. The molecule has 0 aliphatic heterocycles. The number of pyridine rings is 1. The minimum Gasteiger partial charge on any atom is -0.496 e. The first-order valence-corrected chi connectivity index (χ1v) is 3.32. The highest BCUT2D eigenvalue weighted by molar-refractivity contribution is 5.73. The summed E-state index contributed by atoms with van der Waals surface area (Å²) in [5.74, 6) is 0.372. The van der Waals surface area contributed by atoms with Crippen LogP contribution in [0.2, 0.25) is 0 Å². The Labute approximate surface area is 69.4 Å². The molecule has 12 heavy (non-hydrogen) atoms. The van der Waals surface area contributed by atoms with Crippen molar-refractivity contribution in [2.45, 2.75) is 0 Å². The maximum absolute atomic E-state index is 11.1. The van der Waals surface area contributed by atoms with Crippen LogP contribution in [-0.2, 0) is 11.8 Å². The maximum Gasteiger partial charge on any atom is 0.254 e. The standard InChI is InChI=1S/C8H8NO3/c1-9-6(5-10)3-7(12-2)4-8(9)11/h3-4H,1-2H3. The Morgan fingerprint density at radius 1 is 1.50 bits per heavy atom. The van der Waals surface area contributed by atoms with Gasteiger partial charge in [0.2, 0.25) is 0 Å². The predicted octanol–water partition coefficient (Wildman–Crippen LogP) is -0.148. The molecule has 0 amide bonds. The topological polar surface area (TPSA) is 48.3 Å². The first-order valence-electron chi connectivity index (χ1n) is 3.32. The molecule has 63 valence electrons. The van der Waals surface area contributed by atoms with E-state index in [2.05, 4.69) is 0 Å². The van der Waals surface area contributed by atoms with E-state index in [4.69, 9.17) is 4.74 Å². The van der Waals surface area contributed by atoms with Gasteiger partial charge in [0.25, 0.3) is 11.8 Å². The Morgan fingerprint density at radius 2 is 2.17 bits per heavy atom. The number of hydrogen-bond donors (Lipinski definition) is 0. The summed E-state index contributed by atoms with van der Waals surface area (Å²) in [4.78, 5) is 21.4. The van der Waals surface area contributed by atoms with Crippen molar-refractivity contribution in [3.05, 3.63) is 28.2 Å². The van der Waals surface area contributed by atoms with E-state index in [9.17, 15) is 9.59 Å². The van der Waals surface area contributed by atoms with Crippen molar-refractivity contribution < 1.29 is 9.53 Å². The van der Waals surface area contributed by atoms with Gasteiger partial charge in [0.05, 0.1) is 12.8 Å². The molecule has 1 radical (unpaired) electrons. The third-order valence-corrected chi connectivity index (χ3v) is 1.58. The molecule has 0 saturated heterocycles. The zero-order valence-electron chi connectivity index (χ0n) is 6.83. The molecule has 4 heteroatoms. The number of methoxy groups -OCH3 is 1. The van der Waals surface area contributed by atoms with Crippen LogP contribution in [-0.4, -0.2) is 18.0 Å². The van der Waals surface area contributed by atoms with Gasteiger partial charge in [-0.15, -0.1) is 0 Å². The predicted molar refractivity (Wildman–Crippen MR) is 43.0 cm³/mol. The van der Waals surface area contributed by atoms with Gasteiger partial charge in [-0.2, -0.15) is 0 Å². The van der Waals surface area contributed by atoms with Crippen LogP contribution in [0.5, 0.6) is 5.75 Å². The van der Waals surface area contributed by atoms with Crippen molar-refractivity contribution >= 4 is 6.29 Å². The second-order valence-electron chi connectivity index (χ2n) is 2.28. The summed E-state index contributed by atoms with van der Waals surface area (Å²) in [5.41, 5.74) is -0.105. The second-order valence-corrected chi connectivity index (χ2v) is 2.28. The van der Waals surface area contributed by atoms with Crippen molar-refractivity contribution in [3.63, 3.8) is 0 Å². The Morgan fingerprint density at radius 3 is 2.67 bits per heavy atom. The zero-order chi connectivity index (χ0) is 9.14. The average Bonchev–Trinajstić information content (AvgIpc) is 2.09. The molecule has 0 atom stereocenters. The van der Waals surface area contributed by atoms with Crippen LogP contribution in [0.1, 0.15) is 5.69 Å². The van der Waals surface area contributed by atoms with Gasteiger partial charge in [0.15, 0.2) is 0 Å². The highest BCUT2D eigenvalue weighted by Gasteiger charge is 2.02. The van der Waals surface area contributed by atoms with E-state index in [-0.39, 0.29) is 11.3 Å². The minimum absolute atomic E-state index is 0.180. The summed E-state index contributed by atoms with van der Waals surface area (Å²) in [7, 11) is 2.94. The van der Waals surface area contributed by atoms with Gasteiger partial charge < -0.3 is 9.30 Å². The van der Waals surface area contributed by atoms with E-state index in [1.807, 2.05) is 0 Å². The van der Waals surface area contributed by atoms with Crippen molar-refractivity contribution in [1.29, 1.82) is 0 Å². The molecular formula is C8H8NO3. The van der Waals surface area contributed by atoms with E-state index < -0.39 is 0 Å². The van der Waals surface area contributed by atoms with E-state index in [1.165, 1.54) is 30.9 Å². The third kappa shape index (κ3) is 1.37. The van der Waals surface area contributed by atoms with Gasteiger partial charge in [-0.1, -0.05) is 0 Å². The molecule has 0 aliphatic carbocycles. The van der Waals surface area contributed by atoms with Crippen molar-refractivity contribution in [3.8, 4) is 5.75 Å². The van der Waals surface area contributed by atoms with Crippen molar-refractivity contribution in [1.82, 2.24) is 4.57 Å². The van der Waals surface area contributed by atoms with Crippen LogP contribution in [0.3, 0.4) is 0 Å². The third-order valence-electron chi connectivity index (χ3n) is 1.58.